The van der Waals surface area contributed by atoms with Gasteiger partial charge >= 0.3 is 0 Å². The molecule has 1 saturated heterocycles. The number of likely N-dealkylation sites (N-methyl/N-ethyl adjacent to an activating group) is 1. The van der Waals surface area contributed by atoms with Crippen molar-refractivity contribution in [3.63, 3.8) is 0 Å². The molecule has 0 saturated carbocycles. The van der Waals surface area contributed by atoms with Gasteiger partial charge in [-0.25, -0.2) is 21.2 Å². The summed E-state index contributed by atoms with van der Waals surface area (Å²) < 4.78 is 71.8. The normalized spacial score (nSPS) is 15.7. The van der Waals surface area contributed by atoms with Gasteiger partial charge in [-0.3, -0.25) is 9.78 Å². The van der Waals surface area contributed by atoms with Crippen molar-refractivity contribution in [2.45, 2.75) is 9.79 Å². The number of halogens is 1. The van der Waals surface area contributed by atoms with Gasteiger partial charge in [0.05, 0.1) is 19.8 Å². The van der Waals surface area contributed by atoms with E-state index in [1.807, 2.05) is 0 Å². The van der Waals surface area contributed by atoms with Crippen LogP contribution in [-0.2, 0) is 29.6 Å². The van der Waals surface area contributed by atoms with Crippen LogP contribution in [0.1, 0.15) is 0 Å². The van der Waals surface area contributed by atoms with E-state index in [0.29, 0.717) is 0 Å². The van der Waals surface area contributed by atoms with Crippen molar-refractivity contribution in [3.05, 3.63) is 48.5 Å². The molecule has 0 radical (unpaired) electrons. The van der Waals surface area contributed by atoms with E-state index in [9.17, 15) is 26.0 Å². The first kappa shape index (κ1) is 23.2. The molecule has 3 rings (SSSR count). The fraction of sp³-hybridized carbons (Fsp3) is 0.333. The first-order valence-corrected chi connectivity index (χ1v) is 12.0. The average Bonchev–Trinajstić information content (AvgIpc) is 2.76. The van der Waals surface area contributed by atoms with Crippen LogP contribution in [0.15, 0.2) is 52.5 Å². The van der Waals surface area contributed by atoms with E-state index < -0.39 is 43.2 Å². The van der Waals surface area contributed by atoms with Crippen molar-refractivity contribution in [1.82, 2.24) is 13.6 Å². The van der Waals surface area contributed by atoms with Gasteiger partial charge in [0.1, 0.15) is 15.6 Å². The number of carbonyl (C=O) groups is 1. The number of anilines is 1. The summed E-state index contributed by atoms with van der Waals surface area (Å²) in [6.45, 7) is 0.0505. The lowest BCUT2D eigenvalue weighted by molar-refractivity contribution is -0.116. The monoisotopic (exact) mass is 472 g/mol. The van der Waals surface area contributed by atoms with Gasteiger partial charge < -0.3 is 10.1 Å². The van der Waals surface area contributed by atoms with Gasteiger partial charge in [-0.2, -0.15) is 8.61 Å². The minimum Gasteiger partial charge on any atom is -0.379 e. The molecular formula is C18H21FN4O6S2. The zero-order chi connectivity index (χ0) is 22.6. The van der Waals surface area contributed by atoms with Crippen molar-refractivity contribution in [2.75, 3.05) is 45.2 Å². The van der Waals surface area contributed by atoms with Crippen LogP contribution in [0.2, 0.25) is 0 Å². The Balaban J connectivity index is 1.74. The number of morpholine rings is 1. The number of benzene rings is 1. The molecule has 0 spiro atoms. The van der Waals surface area contributed by atoms with E-state index >= 15 is 0 Å². The summed E-state index contributed by atoms with van der Waals surface area (Å²) in [4.78, 5) is 15.4. The molecular weight excluding hydrogens is 451 g/mol. The van der Waals surface area contributed by atoms with Crippen LogP contribution in [-0.4, -0.2) is 76.2 Å². The predicted molar refractivity (Wildman–Crippen MR) is 109 cm³/mol. The minimum atomic E-state index is -4.12. The lowest BCUT2D eigenvalue weighted by Crippen LogP contribution is -2.41. The molecule has 0 unspecified atom stereocenters. The second kappa shape index (κ2) is 9.36. The first-order chi connectivity index (χ1) is 14.6. The molecule has 1 aliphatic rings. The maximum atomic E-state index is 14.3. The number of rotatable bonds is 7. The van der Waals surface area contributed by atoms with Gasteiger partial charge in [0.2, 0.25) is 26.0 Å². The van der Waals surface area contributed by atoms with Gasteiger partial charge in [-0.15, -0.1) is 0 Å². The number of hydrogen-bond donors (Lipinski definition) is 1. The molecule has 2 aromatic rings. The number of amides is 1. The third-order valence-electron chi connectivity index (χ3n) is 4.51. The van der Waals surface area contributed by atoms with Crippen LogP contribution < -0.4 is 5.32 Å². The Morgan fingerprint density at radius 1 is 1.23 bits per heavy atom. The summed E-state index contributed by atoms with van der Waals surface area (Å²) in [5.74, 6) is -1.68. The molecule has 2 heterocycles. The van der Waals surface area contributed by atoms with E-state index in [2.05, 4.69) is 10.3 Å². The van der Waals surface area contributed by atoms with E-state index in [-0.39, 0.29) is 36.9 Å². The number of aromatic nitrogens is 1. The van der Waals surface area contributed by atoms with E-state index in [1.54, 1.807) is 0 Å². The van der Waals surface area contributed by atoms with Crippen molar-refractivity contribution >= 4 is 31.6 Å². The van der Waals surface area contributed by atoms with E-state index in [1.165, 1.54) is 31.4 Å². The average molecular weight is 473 g/mol. The number of carbonyl (C=O) groups excluding carboxylic acids is 1. The van der Waals surface area contributed by atoms with Crippen molar-refractivity contribution < 1.29 is 30.8 Å². The van der Waals surface area contributed by atoms with Gasteiger partial charge in [-0.05, 0) is 30.3 Å². The van der Waals surface area contributed by atoms with Crippen LogP contribution >= 0.6 is 0 Å². The summed E-state index contributed by atoms with van der Waals surface area (Å²) in [7, 11) is -6.84. The third-order valence-corrected chi connectivity index (χ3v) is 8.21. The highest BCUT2D eigenvalue weighted by Crippen LogP contribution is 2.24. The Kier molecular flexibility index (Phi) is 7.01. The molecule has 0 aliphatic carbocycles. The maximum absolute atomic E-state index is 14.3. The fourth-order valence-corrected chi connectivity index (χ4v) is 5.46. The maximum Gasteiger partial charge on any atom is 0.246 e. The molecule has 1 amide bonds. The van der Waals surface area contributed by atoms with E-state index in [0.717, 1.165) is 26.9 Å². The minimum absolute atomic E-state index is 0.0189. The second-order valence-electron chi connectivity index (χ2n) is 6.66. The van der Waals surface area contributed by atoms with Crippen molar-refractivity contribution in [1.29, 1.82) is 0 Å². The summed E-state index contributed by atoms with van der Waals surface area (Å²) in [6, 6.07) is 5.93. The van der Waals surface area contributed by atoms with Crippen LogP contribution in [0.4, 0.5) is 10.1 Å². The highest BCUT2D eigenvalue weighted by atomic mass is 32.2. The van der Waals surface area contributed by atoms with Gasteiger partial charge in [0.15, 0.2) is 0 Å². The summed E-state index contributed by atoms with van der Waals surface area (Å²) in [5.41, 5.74) is 0.0189. The molecule has 0 atom stereocenters. The number of hydrogen-bond acceptors (Lipinski definition) is 7. The topological polar surface area (TPSA) is 126 Å². The molecule has 1 fully saturated rings. The largest absolute Gasteiger partial charge is 0.379 e. The van der Waals surface area contributed by atoms with Crippen LogP contribution in [0.3, 0.4) is 0 Å². The molecule has 10 nitrogen and oxygen atoms in total. The number of nitrogens with zero attached hydrogens (tertiary/aromatic N) is 3. The Bertz CT molecular complexity index is 1150. The number of ether oxygens (including phenoxy) is 1. The zero-order valence-electron chi connectivity index (χ0n) is 16.6. The van der Waals surface area contributed by atoms with Gasteiger partial charge in [0, 0.05) is 38.2 Å². The third kappa shape index (κ3) is 5.25. The molecule has 1 aromatic carbocycles. The Morgan fingerprint density at radius 3 is 2.58 bits per heavy atom. The molecule has 0 bridgehead atoms. The smallest absolute Gasteiger partial charge is 0.246 e. The summed E-state index contributed by atoms with van der Waals surface area (Å²) >= 11 is 0. The molecule has 13 heteroatoms. The molecule has 168 valence electrons. The fourth-order valence-electron chi connectivity index (χ4n) is 2.87. The van der Waals surface area contributed by atoms with Gasteiger partial charge in [-0.1, -0.05) is 0 Å². The Hall–Kier alpha value is -2.45. The number of pyridine rings is 1. The quantitative estimate of drug-likeness (QED) is 0.622. The summed E-state index contributed by atoms with van der Waals surface area (Å²) in [6.07, 6.45) is 2.58. The molecule has 1 N–H and O–H groups in total. The molecule has 1 aromatic heterocycles. The van der Waals surface area contributed by atoms with Crippen molar-refractivity contribution in [3.8, 4) is 0 Å². The zero-order valence-corrected chi connectivity index (χ0v) is 18.2. The van der Waals surface area contributed by atoms with Gasteiger partial charge in [0.25, 0.3) is 0 Å². The Labute approximate surface area is 179 Å². The van der Waals surface area contributed by atoms with Crippen LogP contribution in [0.25, 0.3) is 0 Å². The lowest BCUT2D eigenvalue weighted by atomic mass is 10.3. The predicted octanol–water partition coefficient (Wildman–Crippen LogP) is 0.501. The lowest BCUT2D eigenvalue weighted by Gasteiger charge is -2.26. The Morgan fingerprint density at radius 2 is 1.94 bits per heavy atom. The molecule has 1 aliphatic heterocycles. The van der Waals surface area contributed by atoms with E-state index in [4.69, 9.17) is 4.74 Å². The summed E-state index contributed by atoms with van der Waals surface area (Å²) in [5, 5.41) is 2.40. The van der Waals surface area contributed by atoms with Crippen LogP contribution in [0.5, 0.6) is 0 Å². The number of nitrogens with one attached hydrogen (secondary N) is 1. The van der Waals surface area contributed by atoms with Crippen molar-refractivity contribution in [2.24, 2.45) is 0 Å². The number of sulfonamides is 2. The standard InChI is InChI=1S/C18H21FN4O6S2/c1-22(30(25,26)15-3-2-6-20-12-15)13-18(24)21-14-4-5-16(19)17(11-14)31(27,28)23-7-9-29-10-8-23/h2-6,11-12H,7-10,13H2,1H3,(H,21,24). The SMILES string of the molecule is CN(CC(=O)Nc1ccc(F)c(S(=O)(=O)N2CCOCC2)c1)S(=O)(=O)c1cccnc1. The molecule has 31 heavy (non-hydrogen) atoms. The highest BCUT2D eigenvalue weighted by Gasteiger charge is 2.29. The second-order valence-corrected chi connectivity index (χ2v) is 10.6. The first-order valence-electron chi connectivity index (χ1n) is 9.16. The highest BCUT2D eigenvalue weighted by molar-refractivity contribution is 7.89. The van der Waals surface area contributed by atoms with Crippen LogP contribution in [0, 0.1) is 5.82 Å².